The fourth-order valence-electron chi connectivity index (χ4n) is 4.05. The predicted molar refractivity (Wildman–Crippen MR) is 154 cm³/mol. The highest BCUT2D eigenvalue weighted by Gasteiger charge is 2.29. The molecule has 0 unspecified atom stereocenters. The zero-order chi connectivity index (χ0) is 30.5. The number of carbonyl (C=O) groups is 3. The zero-order valence-electron chi connectivity index (χ0n) is 23.6. The highest BCUT2D eigenvalue weighted by Crippen LogP contribution is 2.26. The van der Waals surface area contributed by atoms with Crippen molar-refractivity contribution in [1.29, 1.82) is 0 Å². The quantitative estimate of drug-likeness (QED) is 0.156. The Morgan fingerprint density at radius 3 is 2.32 bits per heavy atom. The van der Waals surface area contributed by atoms with E-state index in [2.05, 4.69) is 15.4 Å². The lowest BCUT2D eigenvalue weighted by Gasteiger charge is -2.27. The number of esters is 1. The molecule has 6 atom stereocenters. The largest absolute Gasteiger partial charge is 0.495 e. The summed E-state index contributed by atoms with van der Waals surface area (Å²) in [5.74, 6) is -2.41. The van der Waals surface area contributed by atoms with Gasteiger partial charge in [-0.15, -0.1) is 0 Å². The number of methoxy groups -OCH3 is 2. The van der Waals surface area contributed by atoms with Crippen LogP contribution in [-0.4, -0.2) is 72.1 Å². The summed E-state index contributed by atoms with van der Waals surface area (Å²) in [4.78, 5) is 37.4. The number of carbonyl (C=O) groups excluding carboxylic acids is 3. The van der Waals surface area contributed by atoms with Crippen LogP contribution < -0.4 is 15.4 Å². The Kier molecular flexibility index (Phi) is 13.8. The molecule has 2 rings (SSSR count). The first-order valence-electron chi connectivity index (χ1n) is 13.2. The van der Waals surface area contributed by atoms with Gasteiger partial charge in [0.25, 0.3) is 0 Å². The summed E-state index contributed by atoms with van der Waals surface area (Å²) >= 11 is 6.22. The van der Waals surface area contributed by atoms with Crippen LogP contribution in [0.4, 0.5) is 0 Å². The summed E-state index contributed by atoms with van der Waals surface area (Å²) in [7, 11) is 2.74. The van der Waals surface area contributed by atoms with E-state index >= 15 is 0 Å². The van der Waals surface area contributed by atoms with Gasteiger partial charge in [0, 0.05) is 18.9 Å². The maximum Gasteiger partial charge on any atom is 0.310 e. The van der Waals surface area contributed by atoms with Crippen LogP contribution in [0.25, 0.3) is 0 Å². The van der Waals surface area contributed by atoms with Gasteiger partial charge in [-0.1, -0.05) is 67.9 Å². The number of halogens is 1. The van der Waals surface area contributed by atoms with E-state index in [1.54, 1.807) is 62.4 Å². The summed E-state index contributed by atoms with van der Waals surface area (Å²) in [5, 5.41) is 37.2. The van der Waals surface area contributed by atoms with Gasteiger partial charge >= 0.3 is 5.97 Å². The first kappa shape index (κ1) is 33.8. The molecule has 0 heterocycles. The van der Waals surface area contributed by atoms with Gasteiger partial charge in [-0.05, 0) is 35.8 Å². The third-order valence-electron chi connectivity index (χ3n) is 6.73. The average Bonchev–Trinajstić information content (AvgIpc) is 2.98. The third-order valence-corrected chi connectivity index (χ3v) is 7.03. The molecule has 0 aliphatic rings. The molecule has 0 aliphatic heterocycles. The van der Waals surface area contributed by atoms with Crippen molar-refractivity contribution in [2.24, 2.45) is 11.8 Å². The van der Waals surface area contributed by atoms with Gasteiger partial charge in [-0.3, -0.25) is 14.4 Å². The summed E-state index contributed by atoms with van der Waals surface area (Å²) < 4.78 is 9.85. The Balaban J connectivity index is 2.04. The fourth-order valence-corrected chi connectivity index (χ4v) is 4.34. The molecule has 2 aromatic carbocycles. The van der Waals surface area contributed by atoms with Crippen LogP contribution in [0.1, 0.15) is 37.5 Å². The Bertz CT molecular complexity index is 1180. The average molecular weight is 591 g/mol. The van der Waals surface area contributed by atoms with Gasteiger partial charge in [0.1, 0.15) is 17.9 Å². The SMILES string of the molecule is COC(=O)[C@H](C)CNC(=O)[C@H](Cc1ccc(OC)c(Cl)c1)NC(=O)C=CC[C@H](O)[C@H](C)[C@@H](O)[C@@H](O)c1ccccc1. The molecule has 224 valence electrons. The van der Waals surface area contributed by atoms with Crippen molar-refractivity contribution in [3.05, 3.63) is 76.8 Å². The topological polar surface area (TPSA) is 154 Å². The van der Waals surface area contributed by atoms with Crippen molar-refractivity contribution in [3.8, 4) is 5.75 Å². The van der Waals surface area contributed by atoms with Crippen LogP contribution in [0.3, 0.4) is 0 Å². The number of rotatable bonds is 15. The van der Waals surface area contributed by atoms with Crippen molar-refractivity contribution in [2.75, 3.05) is 20.8 Å². The molecule has 0 bridgehead atoms. The lowest BCUT2D eigenvalue weighted by molar-refractivity contribution is -0.144. The third kappa shape index (κ3) is 10.5. The highest BCUT2D eigenvalue weighted by atomic mass is 35.5. The van der Waals surface area contributed by atoms with Gasteiger partial charge in [0.15, 0.2) is 0 Å². The summed E-state index contributed by atoms with van der Waals surface area (Å²) in [6, 6.07) is 12.6. The molecule has 10 nitrogen and oxygen atoms in total. The minimum absolute atomic E-state index is 0.0122. The number of aliphatic hydroxyl groups excluding tert-OH is 3. The second-order valence-corrected chi connectivity index (χ2v) is 10.2. The van der Waals surface area contributed by atoms with Gasteiger partial charge in [0.2, 0.25) is 11.8 Å². The Morgan fingerprint density at radius 2 is 1.71 bits per heavy atom. The monoisotopic (exact) mass is 590 g/mol. The lowest BCUT2D eigenvalue weighted by Crippen LogP contribution is -2.49. The van der Waals surface area contributed by atoms with Crippen LogP contribution in [0.5, 0.6) is 5.75 Å². The minimum Gasteiger partial charge on any atom is -0.495 e. The van der Waals surface area contributed by atoms with E-state index in [-0.39, 0.29) is 19.4 Å². The molecule has 0 saturated heterocycles. The van der Waals surface area contributed by atoms with Gasteiger partial charge in [-0.25, -0.2) is 0 Å². The second-order valence-electron chi connectivity index (χ2n) is 9.81. The van der Waals surface area contributed by atoms with Gasteiger partial charge in [0.05, 0.1) is 37.4 Å². The Hall–Kier alpha value is -3.44. The van der Waals surface area contributed by atoms with E-state index < -0.39 is 54.0 Å². The van der Waals surface area contributed by atoms with E-state index in [9.17, 15) is 29.7 Å². The van der Waals surface area contributed by atoms with E-state index in [4.69, 9.17) is 16.3 Å². The molecule has 0 fully saturated rings. The van der Waals surface area contributed by atoms with Crippen LogP contribution in [0.2, 0.25) is 5.02 Å². The van der Waals surface area contributed by atoms with Crippen molar-refractivity contribution in [2.45, 2.75) is 51.0 Å². The molecule has 11 heteroatoms. The molecule has 0 spiro atoms. The molecule has 0 radical (unpaired) electrons. The van der Waals surface area contributed by atoms with Crippen LogP contribution in [0.15, 0.2) is 60.7 Å². The summed E-state index contributed by atoms with van der Waals surface area (Å²) in [6.45, 7) is 3.22. The predicted octanol–water partition coefficient (Wildman–Crippen LogP) is 2.34. The molecule has 41 heavy (non-hydrogen) atoms. The summed E-state index contributed by atoms with van der Waals surface area (Å²) in [6.07, 6.45) is -0.718. The Labute approximate surface area is 245 Å². The summed E-state index contributed by atoms with van der Waals surface area (Å²) in [5.41, 5.74) is 1.19. The molecule has 0 aromatic heterocycles. The van der Waals surface area contributed by atoms with Crippen molar-refractivity contribution < 1.29 is 39.2 Å². The minimum atomic E-state index is -1.23. The van der Waals surface area contributed by atoms with E-state index in [1.807, 2.05) is 0 Å². The lowest BCUT2D eigenvalue weighted by atomic mass is 9.89. The maximum atomic E-state index is 13.0. The number of benzene rings is 2. The number of aliphatic hydroxyl groups is 3. The number of hydrogen-bond acceptors (Lipinski definition) is 8. The maximum absolute atomic E-state index is 13.0. The van der Waals surface area contributed by atoms with Crippen LogP contribution in [-0.2, 0) is 25.5 Å². The van der Waals surface area contributed by atoms with Crippen molar-refractivity contribution in [3.63, 3.8) is 0 Å². The zero-order valence-corrected chi connectivity index (χ0v) is 24.4. The molecule has 0 saturated carbocycles. The van der Waals surface area contributed by atoms with E-state index in [0.717, 1.165) is 0 Å². The van der Waals surface area contributed by atoms with Crippen molar-refractivity contribution >= 4 is 29.4 Å². The number of amides is 2. The van der Waals surface area contributed by atoms with E-state index in [0.29, 0.717) is 21.9 Å². The number of nitrogens with one attached hydrogen (secondary N) is 2. The number of hydrogen-bond donors (Lipinski definition) is 5. The van der Waals surface area contributed by atoms with Crippen LogP contribution in [0, 0.1) is 11.8 Å². The second kappa shape index (κ2) is 16.7. The smallest absolute Gasteiger partial charge is 0.310 e. The number of ether oxygens (including phenoxy) is 2. The van der Waals surface area contributed by atoms with Gasteiger partial charge in [-0.2, -0.15) is 0 Å². The van der Waals surface area contributed by atoms with Crippen LogP contribution >= 0.6 is 11.6 Å². The Morgan fingerprint density at radius 1 is 1.02 bits per heavy atom. The molecule has 2 amide bonds. The molecule has 5 N–H and O–H groups in total. The molecular formula is C30H39ClN2O8. The first-order chi connectivity index (χ1) is 19.5. The first-order valence-corrected chi connectivity index (χ1v) is 13.6. The van der Waals surface area contributed by atoms with Crippen molar-refractivity contribution in [1.82, 2.24) is 10.6 Å². The standard InChI is InChI=1S/C30H39ClN2O8/c1-18(30(39)41-4)17-32-29(38)23(16-20-13-14-25(40-3)22(31)15-20)33-26(35)12-8-11-24(34)19(2)27(36)28(37)21-9-6-5-7-10-21/h5-10,12-15,18-19,23-24,27-28,34,36-37H,11,16-17H2,1-4H3,(H,32,38)(H,33,35)/t18-,19+,23+,24+,27-,28+/m1/s1. The van der Waals surface area contributed by atoms with Gasteiger partial charge < -0.3 is 35.4 Å². The fraction of sp³-hybridized carbons (Fsp3) is 0.433. The van der Waals surface area contributed by atoms with E-state index in [1.165, 1.54) is 26.4 Å². The molecule has 0 aliphatic carbocycles. The highest BCUT2D eigenvalue weighted by molar-refractivity contribution is 6.32. The normalized spacial score (nSPS) is 15.7. The molecular weight excluding hydrogens is 552 g/mol. The molecule has 2 aromatic rings.